The summed E-state index contributed by atoms with van der Waals surface area (Å²) in [5.74, 6) is 2.11. The molecule has 0 radical (unpaired) electrons. The van der Waals surface area contributed by atoms with Gasteiger partial charge in [-0.25, -0.2) is 9.78 Å². The van der Waals surface area contributed by atoms with E-state index in [0.29, 0.717) is 34.3 Å². The van der Waals surface area contributed by atoms with Gasteiger partial charge in [0.25, 0.3) is 0 Å². The van der Waals surface area contributed by atoms with Crippen molar-refractivity contribution in [2.24, 2.45) is 0 Å². The Morgan fingerprint density at radius 1 is 0.923 bits per heavy atom. The van der Waals surface area contributed by atoms with Crippen LogP contribution in [0.1, 0.15) is 40.5 Å². The summed E-state index contributed by atoms with van der Waals surface area (Å²) < 4.78 is 16.7. The summed E-state index contributed by atoms with van der Waals surface area (Å²) >= 11 is 4.64. The standard InChI is InChI=1S/C23H25N5O5.2C2H6.CH3Cl/c1-31-19-11-16-17(12-20(19)32-2)24-8-7-18(16)33-15-5-6-21(25-13-15)26-23(30)27-22(29)14-28-9-3-4-10-28;3*1-2/h5-8,11-13H,3-4,9-10,14H2,1-2H3,(H2,25,26,27,29,30);2*1-2H3;1H3. The lowest BCUT2D eigenvalue weighted by Crippen LogP contribution is -2.41. The number of amides is 3. The Morgan fingerprint density at radius 2 is 1.56 bits per heavy atom. The third-order valence-corrected chi connectivity index (χ3v) is 5.23. The topological polar surface area (TPSA) is 115 Å². The van der Waals surface area contributed by atoms with Crippen LogP contribution in [0.15, 0.2) is 42.7 Å². The first kappa shape index (κ1) is 33.4. The van der Waals surface area contributed by atoms with Crippen LogP contribution in [0.2, 0.25) is 0 Å². The van der Waals surface area contributed by atoms with Crippen molar-refractivity contribution >= 4 is 40.3 Å². The summed E-state index contributed by atoms with van der Waals surface area (Å²) in [4.78, 5) is 34.6. The molecule has 1 aromatic carbocycles. The predicted octanol–water partition coefficient (Wildman–Crippen LogP) is 6.09. The molecule has 10 nitrogen and oxygen atoms in total. The Hall–Kier alpha value is -3.63. The summed E-state index contributed by atoms with van der Waals surface area (Å²) in [6, 6.07) is 7.94. The van der Waals surface area contributed by atoms with Crippen molar-refractivity contribution in [3.63, 3.8) is 0 Å². The van der Waals surface area contributed by atoms with Gasteiger partial charge in [-0.05, 0) is 50.2 Å². The third-order valence-electron chi connectivity index (χ3n) is 5.23. The number of rotatable bonds is 7. The van der Waals surface area contributed by atoms with E-state index < -0.39 is 6.03 Å². The van der Waals surface area contributed by atoms with Crippen molar-refractivity contribution < 1.29 is 23.8 Å². The zero-order chi connectivity index (χ0) is 29.2. The molecular formula is C28H40ClN5O5. The Balaban J connectivity index is 0.00000119. The molecule has 1 aliphatic heterocycles. The number of carbonyl (C=O) groups is 2. The minimum Gasteiger partial charge on any atom is -0.493 e. The molecule has 0 aliphatic carbocycles. The second kappa shape index (κ2) is 18.6. The van der Waals surface area contributed by atoms with E-state index in [1.807, 2.05) is 32.6 Å². The van der Waals surface area contributed by atoms with Gasteiger partial charge in [-0.15, -0.1) is 11.6 Å². The lowest BCUT2D eigenvalue weighted by molar-refractivity contribution is -0.120. The minimum atomic E-state index is -0.624. The van der Waals surface area contributed by atoms with Gasteiger partial charge < -0.3 is 14.2 Å². The molecule has 11 heteroatoms. The zero-order valence-electron chi connectivity index (χ0n) is 23.8. The number of aromatic nitrogens is 2. The molecule has 0 unspecified atom stereocenters. The van der Waals surface area contributed by atoms with E-state index in [-0.39, 0.29) is 12.5 Å². The number of alkyl halides is 1. The number of carbonyl (C=O) groups excluding carboxylic acids is 2. The summed E-state index contributed by atoms with van der Waals surface area (Å²) in [5, 5.41) is 5.61. The van der Waals surface area contributed by atoms with Crippen LogP contribution in [0.25, 0.3) is 10.9 Å². The van der Waals surface area contributed by atoms with Gasteiger partial charge in [0.15, 0.2) is 11.5 Å². The van der Waals surface area contributed by atoms with Crippen LogP contribution in [0.4, 0.5) is 10.6 Å². The molecule has 1 saturated heterocycles. The molecule has 39 heavy (non-hydrogen) atoms. The number of benzene rings is 1. The highest BCUT2D eigenvalue weighted by Gasteiger charge is 2.17. The monoisotopic (exact) mass is 561 g/mol. The fraction of sp³-hybridized carbons (Fsp3) is 0.429. The molecule has 1 fully saturated rings. The number of imide groups is 1. The zero-order valence-corrected chi connectivity index (χ0v) is 24.6. The quantitative estimate of drug-likeness (QED) is 0.333. The van der Waals surface area contributed by atoms with Crippen molar-refractivity contribution in [3.8, 4) is 23.0 Å². The van der Waals surface area contributed by atoms with Gasteiger partial charge in [0.1, 0.15) is 17.3 Å². The van der Waals surface area contributed by atoms with Crippen molar-refractivity contribution in [1.82, 2.24) is 20.2 Å². The fourth-order valence-electron chi connectivity index (χ4n) is 3.64. The molecule has 214 valence electrons. The van der Waals surface area contributed by atoms with Gasteiger partial charge >= 0.3 is 6.03 Å². The maximum absolute atomic E-state index is 12.1. The first-order chi connectivity index (χ1) is 19.1. The number of nitrogens with one attached hydrogen (secondary N) is 2. The molecule has 0 bridgehead atoms. The Bertz CT molecular complexity index is 1160. The number of fused-ring (bicyclic) bond motifs is 1. The highest BCUT2D eigenvalue weighted by molar-refractivity contribution is 6.15. The number of hydrogen-bond acceptors (Lipinski definition) is 8. The Morgan fingerprint density at radius 3 is 2.15 bits per heavy atom. The second-order valence-electron chi connectivity index (χ2n) is 7.50. The van der Waals surface area contributed by atoms with Gasteiger partial charge in [0.05, 0.1) is 32.5 Å². The third kappa shape index (κ3) is 10.2. The SMILES string of the molecule is CC.CC.CCl.COc1cc2nccc(Oc3ccc(NC(=O)NC(=O)CN4CCCC4)nc3)c2cc1OC. The van der Waals surface area contributed by atoms with Gasteiger partial charge in [-0.2, -0.15) is 0 Å². The number of methoxy groups -OCH3 is 2. The first-order valence-electron chi connectivity index (χ1n) is 12.9. The van der Waals surface area contributed by atoms with E-state index in [9.17, 15) is 9.59 Å². The molecule has 0 saturated carbocycles. The summed E-state index contributed by atoms with van der Waals surface area (Å²) in [6.45, 7) is 9.97. The molecule has 0 spiro atoms. The van der Waals surface area contributed by atoms with Crippen molar-refractivity contribution in [1.29, 1.82) is 0 Å². The van der Waals surface area contributed by atoms with Crippen LogP contribution in [0.5, 0.6) is 23.0 Å². The van der Waals surface area contributed by atoms with Crippen LogP contribution in [0.3, 0.4) is 0 Å². The number of urea groups is 1. The largest absolute Gasteiger partial charge is 0.493 e. The van der Waals surface area contributed by atoms with Gasteiger partial charge in [0.2, 0.25) is 5.91 Å². The van der Waals surface area contributed by atoms with Crippen molar-refractivity contribution in [2.75, 3.05) is 45.6 Å². The Kier molecular flexibility index (Phi) is 15.9. The number of nitrogens with zero attached hydrogens (tertiary/aromatic N) is 3. The van der Waals surface area contributed by atoms with E-state index in [1.54, 1.807) is 50.7 Å². The summed E-state index contributed by atoms with van der Waals surface area (Å²) in [5.41, 5.74) is 0.687. The number of anilines is 1. The highest BCUT2D eigenvalue weighted by Crippen LogP contribution is 2.36. The predicted molar refractivity (Wildman–Crippen MR) is 156 cm³/mol. The molecule has 3 aromatic rings. The first-order valence-corrected chi connectivity index (χ1v) is 13.7. The highest BCUT2D eigenvalue weighted by atomic mass is 35.5. The van der Waals surface area contributed by atoms with Crippen molar-refractivity contribution in [2.45, 2.75) is 40.5 Å². The van der Waals surface area contributed by atoms with Crippen LogP contribution in [0, 0.1) is 0 Å². The minimum absolute atomic E-state index is 0.212. The average molecular weight is 562 g/mol. The number of hydrogen-bond donors (Lipinski definition) is 2. The van der Waals surface area contributed by atoms with E-state index in [0.717, 1.165) is 31.3 Å². The molecule has 4 rings (SSSR count). The van der Waals surface area contributed by atoms with E-state index in [4.69, 9.17) is 14.2 Å². The fourth-order valence-corrected chi connectivity index (χ4v) is 3.64. The summed E-state index contributed by atoms with van der Waals surface area (Å²) in [7, 11) is 3.13. The molecule has 0 atom stereocenters. The van der Waals surface area contributed by atoms with Crippen molar-refractivity contribution in [3.05, 3.63) is 42.7 Å². The molecule has 2 aromatic heterocycles. The maximum atomic E-state index is 12.1. The second-order valence-corrected chi connectivity index (χ2v) is 7.50. The number of likely N-dealkylation sites (tertiary alicyclic amines) is 1. The smallest absolute Gasteiger partial charge is 0.327 e. The van der Waals surface area contributed by atoms with E-state index in [2.05, 4.69) is 32.2 Å². The van der Waals surface area contributed by atoms with Crippen LogP contribution >= 0.6 is 11.6 Å². The molecule has 3 amide bonds. The van der Waals surface area contributed by atoms with E-state index in [1.165, 1.54) is 12.6 Å². The van der Waals surface area contributed by atoms with Gasteiger partial charge in [0, 0.05) is 24.0 Å². The lowest BCUT2D eigenvalue weighted by Gasteiger charge is -2.14. The summed E-state index contributed by atoms with van der Waals surface area (Å²) in [6.07, 6.45) is 6.74. The number of halogens is 1. The maximum Gasteiger partial charge on any atom is 0.327 e. The number of pyridine rings is 2. The Labute approximate surface area is 236 Å². The van der Waals surface area contributed by atoms with Crippen LogP contribution in [-0.2, 0) is 4.79 Å². The molecular weight excluding hydrogens is 522 g/mol. The van der Waals surface area contributed by atoms with Crippen LogP contribution < -0.4 is 24.8 Å². The number of ether oxygens (including phenoxy) is 3. The molecule has 3 heterocycles. The average Bonchev–Trinajstić information content (AvgIpc) is 3.49. The van der Waals surface area contributed by atoms with Gasteiger partial charge in [-0.1, -0.05) is 27.7 Å². The molecule has 1 aliphatic rings. The normalized spacial score (nSPS) is 11.9. The van der Waals surface area contributed by atoms with Crippen LogP contribution in [-0.4, -0.2) is 67.0 Å². The van der Waals surface area contributed by atoms with E-state index >= 15 is 0 Å². The molecule has 2 N–H and O–H groups in total. The lowest BCUT2D eigenvalue weighted by atomic mass is 10.2. The van der Waals surface area contributed by atoms with Gasteiger partial charge in [-0.3, -0.25) is 25.3 Å².